The molecular weight excluding hydrogens is 413 g/mol. The van der Waals surface area contributed by atoms with Gasteiger partial charge in [-0.15, -0.1) is 0 Å². The lowest BCUT2D eigenvalue weighted by Crippen LogP contribution is -2.37. The first-order valence-electron chi connectivity index (χ1n) is 9.73. The summed E-state index contributed by atoms with van der Waals surface area (Å²) in [5.74, 6) is 2.38. The van der Waals surface area contributed by atoms with Crippen LogP contribution in [0.4, 0.5) is 0 Å². The Labute approximate surface area is 180 Å². The topological polar surface area (TPSA) is 63.7 Å². The Kier molecular flexibility index (Phi) is 6.43. The van der Waals surface area contributed by atoms with Crippen LogP contribution < -0.4 is 14.8 Å². The lowest BCUT2D eigenvalue weighted by molar-refractivity contribution is -0.123. The van der Waals surface area contributed by atoms with E-state index >= 15 is 0 Å². The number of benzene rings is 1. The highest BCUT2D eigenvalue weighted by molar-refractivity contribution is 6.30. The van der Waals surface area contributed by atoms with Crippen molar-refractivity contribution in [1.82, 2.24) is 15.2 Å². The summed E-state index contributed by atoms with van der Waals surface area (Å²) < 4.78 is 11.2. The van der Waals surface area contributed by atoms with Gasteiger partial charge in [-0.05, 0) is 54.7 Å². The number of carbonyl (C=O) groups is 1. The number of nitrogens with zero attached hydrogens (tertiary/aromatic N) is 2. The molecule has 6 nitrogen and oxygen atoms in total. The number of fused-ring (bicyclic) bond motifs is 1. The zero-order valence-electron chi connectivity index (χ0n) is 15.9. The average molecular weight is 436 g/mol. The van der Waals surface area contributed by atoms with Gasteiger partial charge in [0.05, 0.1) is 12.8 Å². The zero-order valence-corrected chi connectivity index (χ0v) is 17.4. The number of hydrogen-bond donors (Lipinski definition) is 1. The molecule has 4 rings (SSSR count). The van der Waals surface area contributed by atoms with Crippen molar-refractivity contribution in [2.24, 2.45) is 11.8 Å². The number of rotatable bonds is 9. The normalized spacial score (nSPS) is 22.8. The second-order valence-corrected chi connectivity index (χ2v) is 8.27. The van der Waals surface area contributed by atoms with E-state index in [0.717, 1.165) is 31.8 Å². The molecule has 1 aliphatic heterocycles. The molecule has 0 radical (unpaired) electrons. The molecule has 1 saturated carbocycles. The Morgan fingerprint density at radius 2 is 1.79 bits per heavy atom. The summed E-state index contributed by atoms with van der Waals surface area (Å²) in [5, 5.41) is 4.19. The lowest BCUT2D eigenvalue weighted by Gasteiger charge is -2.20. The van der Waals surface area contributed by atoms with Crippen LogP contribution in [-0.2, 0) is 4.79 Å². The van der Waals surface area contributed by atoms with Crippen molar-refractivity contribution in [1.29, 1.82) is 0 Å². The van der Waals surface area contributed by atoms with Gasteiger partial charge in [-0.25, -0.2) is 4.98 Å². The summed E-state index contributed by atoms with van der Waals surface area (Å²) in [6.07, 6.45) is 2.48. The van der Waals surface area contributed by atoms with E-state index in [1.165, 1.54) is 6.20 Å². The maximum absolute atomic E-state index is 12.1. The van der Waals surface area contributed by atoms with Gasteiger partial charge in [0.2, 0.25) is 0 Å². The van der Waals surface area contributed by atoms with Crippen LogP contribution in [-0.4, -0.2) is 54.7 Å². The van der Waals surface area contributed by atoms with Gasteiger partial charge in [-0.3, -0.25) is 4.79 Å². The monoisotopic (exact) mass is 435 g/mol. The fourth-order valence-corrected chi connectivity index (χ4v) is 4.08. The molecule has 0 spiro atoms. The number of hydrogen-bond acceptors (Lipinski definition) is 5. The van der Waals surface area contributed by atoms with Crippen LogP contribution in [0.1, 0.15) is 6.42 Å². The zero-order chi connectivity index (χ0) is 20.2. The summed E-state index contributed by atoms with van der Waals surface area (Å²) in [4.78, 5) is 18.5. The first kappa shape index (κ1) is 20.3. The molecule has 1 aromatic heterocycles. The fraction of sp³-hybridized carbons (Fsp3) is 0.429. The maximum atomic E-state index is 12.1. The van der Waals surface area contributed by atoms with E-state index < -0.39 is 0 Å². The van der Waals surface area contributed by atoms with Gasteiger partial charge in [0.25, 0.3) is 5.91 Å². The van der Waals surface area contributed by atoms with E-state index in [2.05, 4.69) is 15.2 Å². The number of amides is 1. The minimum absolute atomic E-state index is 0.00893. The molecule has 1 aliphatic carbocycles. The second kappa shape index (κ2) is 9.20. The Morgan fingerprint density at radius 1 is 1.07 bits per heavy atom. The molecule has 2 fully saturated rings. The Hall–Kier alpha value is -2.02. The molecule has 2 aliphatic rings. The molecule has 0 bridgehead atoms. The SMILES string of the molecule is O=C(COc1ccc(Cl)nc1)NC1C2CN(CCCOc3ccc(Cl)cc3)CC21. The molecule has 1 N–H and O–H groups in total. The molecule has 2 atom stereocenters. The van der Waals surface area contributed by atoms with Crippen LogP contribution in [0, 0.1) is 11.8 Å². The Balaban J connectivity index is 1.08. The van der Waals surface area contributed by atoms with Gasteiger partial charge in [0, 0.05) is 30.7 Å². The van der Waals surface area contributed by atoms with Crippen LogP contribution in [0.25, 0.3) is 0 Å². The molecule has 2 aromatic rings. The van der Waals surface area contributed by atoms with Gasteiger partial charge >= 0.3 is 0 Å². The quantitative estimate of drug-likeness (QED) is 0.483. The molecule has 1 amide bonds. The molecule has 2 heterocycles. The summed E-state index contributed by atoms with van der Waals surface area (Å²) in [7, 11) is 0. The molecule has 8 heteroatoms. The first-order chi connectivity index (χ1) is 14.1. The van der Waals surface area contributed by atoms with Crippen molar-refractivity contribution >= 4 is 29.1 Å². The van der Waals surface area contributed by atoms with Crippen molar-refractivity contribution in [3.63, 3.8) is 0 Å². The van der Waals surface area contributed by atoms with E-state index in [1.54, 1.807) is 12.1 Å². The van der Waals surface area contributed by atoms with Crippen LogP contribution >= 0.6 is 23.2 Å². The second-order valence-electron chi connectivity index (χ2n) is 7.44. The number of nitrogens with one attached hydrogen (secondary N) is 1. The largest absolute Gasteiger partial charge is 0.494 e. The predicted molar refractivity (Wildman–Crippen MR) is 112 cm³/mol. The van der Waals surface area contributed by atoms with Crippen LogP contribution in [0.3, 0.4) is 0 Å². The standard InChI is InChI=1S/C21H23Cl2N3O3/c22-14-2-4-15(5-3-14)28-9-1-8-26-11-17-18(12-26)21(17)25-20(27)13-29-16-6-7-19(23)24-10-16/h2-7,10,17-18,21H,1,8-9,11-13H2,(H,25,27). The third-order valence-corrected chi connectivity index (χ3v) is 5.84. The number of halogens is 2. The van der Waals surface area contributed by atoms with Crippen molar-refractivity contribution in [2.75, 3.05) is 32.8 Å². The third-order valence-electron chi connectivity index (χ3n) is 5.37. The molecule has 29 heavy (non-hydrogen) atoms. The molecule has 1 saturated heterocycles. The van der Waals surface area contributed by atoms with Gasteiger partial charge in [0.15, 0.2) is 6.61 Å². The van der Waals surface area contributed by atoms with Crippen LogP contribution in [0.5, 0.6) is 11.5 Å². The van der Waals surface area contributed by atoms with Gasteiger partial charge in [-0.1, -0.05) is 23.2 Å². The number of likely N-dealkylation sites (tertiary alicyclic amines) is 1. The number of carbonyl (C=O) groups excluding carboxylic acids is 1. The van der Waals surface area contributed by atoms with E-state index in [9.17, 15) is 4.79 Å². The van der Waals surface area contributed by atoms with Gasteiger partial charge in [-0.2, -0.15) is 0 Å². The highest BCUT2D eigenvalue weighted by Crippen LogP contribution is 2.45. The summed E-state index contributed by atoms with van der Waals surface area (Å²) in [6, 6.07) is 11.0. The van der Waals surface area contributed by atoms with E-state index in [1.807, 2.05) is 24.3 Å². The summed E-state index contributed by atoms with van der Waals surface area (Å²) in [5.41, 5.74) is 0. The van der Waals surface area contributed by atoms with E-state index in [-0.39, 0.29) is 18.6 Å². The van der Waals surface area contributed by atoms with Crippen molar-refractivity contribution in [2.45, 2.75) is 12.5 Å². The van der Waals surface area contributed by atoms with Crippen molar-refractivity contribution in [3.05, 3.63) is 52.8 Å². The molecule has 1 aromatic carbocycles. The summed E-state index contributed by atoms with van der Waals surface area (Å²) in [6.45, 7) is 3.74. The van der Waals surface area contributed by atoms with E-state index in [0.29, 0.717) is 34.4 Å². The van der Waals surface area contributed by atoms with Crippen LogP contribution in [0.15, 0.2) is 42.6 Å². The van der Waals surface area contributed by atoms with E-state index in [4.69, 9.17) is 32.7 Å². The Morgan fingerprint density at radius 3 is 2.48 bits per heavy atom. The van der Waals surface area contributed by atoms with Crippen molar-refractivity contribution in [3.8, 4) is 11.5 Å². The first-order valence-corrected chi connectivity index (χ1v) is 10.5. The summed E-state index contributed by atoms with van der Waals surface area (Å²) >= 11 is 11.6. The molecule has 154 valence electrons. The van der Waals surface area contributed by atoms with Crippen LogP contribution in [0.2, 0.25) is 10.2 Å². The lowest BCUT2D eigenvalue weighted by atomic mass is 10.3. The third kappa shape index (κ3) is 5.53. The van der Waals surface area contributed by atoms with Gasteiger partial charge < -0.3 is 19.7 Å². The Bertz CT molecular complexity index is 820. The number of ether oxygens (including phenoxy) is 2. The fourth-order valence-electron chi connectivity index (χ4n) is 3.84. The molecular formula is C21H23Cl2N3O3. The van der Waals surface area contributed by atoms with Crippen molar-refractivity contribution < 1.29 is 14.3 Å². The predicted octanol–water partition coefficient (Wildman–Crippen LogP) is 3.28. The van der Waals surface area contributed by atoms with Gasteiger partial charge in [0.1, 0.15) is 16.7 Å². The minimum Gasteiger partial charge on any atom is -0.494 e. The smallest absolute Gasteiger partial charge is 0.258 e. The highest BCUT2D eigenvalue weighted by Gasteiger charge is 2.56. The number of pyridine rings is 1. The number of piperidine rings is 1. The highest BCUT2D eigenvalue weighted by atomic mass is 35.5. The molecule has 2 unspecified atom stereocenters. The minimum atomic E-state index is -0.0951. The average Bonchev–Trinajstić information content (AvgIpc) is 3.15. The maximum Gasteiger partial charge on any atom is 0.258 e. The number of aromatic nitrogens is 1.